The molecule has 0 atom stereocenters. The maximum atomic E-state index is 10.7. The molecule has 0 amide bonds. The summed E-state index contributed by atoms with van der Waals surface area (Å²) in [5.41, 5.74) is 0.640. The third kappa shape index (κ3) is 3.89. The van der Waals surface area contributed by atoms with Gasteiger partial charge in [0.05, 0.1) is 4.90 Å². The summed E-state index contributed by atoms with van der Waals surface area (Å²) in [6, 6.07) is 2.24. The monoisotopic (exact) mass is 276 g/mol. The minimum absolute atomic E-state index is 0. The van der Waals surface area contributed by atoms with Crippen LogP contribution in [0.3, 0.4) is 0 Å². The molecule has 1 rings (SSSR count). The molecule has 15 heavy (non-hydrogen) atoms. The molecule has 0 aliphatic heterocycles. The molecule has 78 valence electrons. The Hall–Kier alpha value is 0.710. The summed E-state index contributed by atoms with van der Waals surface area (Å²) in [4.78, 5) is -0.398. The molecule has 0 heterocycles. The summed E-state index contributed by atoms with van der Waals surface area (Å²) in [5.74, 6) is 0. The summed E-state index contributed by atoms with van der Waals surface area (Å²) < 4.78 is 32.0. The first-order valence-corrected chi connectivity index (χ1v) is 5.96. The van der Waals surface area contributed by atoms with E-state index in [0.717, 1.165) is 12.1 Å². The van der Waals surface area contributed by atoms with Crippen molar-refractivity contribution >= 4 is 33.3 Å². The van der Waals surface area contributed by atoms with Crippen LogP contribution < -0.4 is 29.6 Å². The van der Waals surface area contributed by atoms with E-state index in [1.54, 1.807) is 0 Å². The number of benzene rings is 1. The van der Waals surface area contributed by atoms with Gasteiger partial charge in [-0.1, -0.05) is 30.1 Å². The number of hydrogen-bond donors (Lipinski definition) is 0. The zero-order valence-corrected chi connectivity index (χ0v) is 12.6. The van der Waals surface area contributed by atoms with Crippen LogP contribution in [0.25, 0.3) is 0 Å². The molecule has 0 saturated heterocycles. The molecule has 7 heteroatoms. The summed E-state index contributed by atoms with van der Waals surface area (Å²) in [5, 5.41) is 0.406. The third-order valence-electron chi connectivity index (χ3n) is 1.76. The van der Waals surface area contributed by atoms with Gasteiger partial charge in [0.1, 0.15) is 10.1 Å². The van der Waals surface area contributed by atoms with Gasteiger partial charge in [-0.05, 0) is 24.1 Å². The van der Waals surface area contributed by atoms with Crippen LogP contribution in [0.1, 0.15) is 12.5 Å². The van der Waals surface area contributed by atoms with E-state index in [2.05, 4.69) is 0 Å². The van der Waals surface area contributed by atoms with E-state index < -0.39 is 15.0 Å². The van der Waals surface area contributed by atoms with E-state index >= 15 is 0 Å². The Morgan fingerprint density at radius 2 is 1.67 bits per heavy atom. The fraction of sp³-hybridized carbons (Fsp3) is 0.250. The van der Waals surface area contributed by atoms with Crippen molar-refractivity contribution in [2.75, 3.05) is 0 Å². The average molecular weight is 277 g/mol. The van der Waals surface area contributed by atoms with Crippen molar-refractivity contribution < 1.29 is 42.5 Å². The quantitative estimate of drug-likeness (QED) is 0.539. The van der Waals surface area contributed by atoms with Crippen LogP contribution in [-0.4, -0.2) is 13.0 Å². The Morgan fingerprint density at radius 3 is 1.93 bits per heavy atom. The normalized spacial score (nSPS) is 10.9. The largest absolute Gasteiger partial charge is 1.00 e. The van der Waals surface area contributed by atoms with Crippen molar-refractivity contribution in [2.45, 2.75) is 18.2 Å². The second-order valence-electron chi connectivity index (χ2n) is 2.67. The van der Waals surface area contributed by atoms with Crippen molar-refractivity contribution in [3.05, 3.63) is 27.7 Å². The van der Waals surface area contributed by atoms with Gasteiger partial charge in [0.2, 0.25) is 0 Å². The summed E-state index contributed by atoms with van der Waals surface area (Å²) in [6.07, 6.45) is 0.580. The van der Waals surface area contributed by atoms with E-state index in [0.29, 0.717) is 12.0 Å². The van der Waals surface area contributed by atoms with Gasteiger partial charge in [-0.2, -0.15) is 0 Å². The zero-order valence-electron chi connectivity index (χ0n) is 8.25. The second kappa shape index (κ2) is 5.87. The van der Waals surface area contributed by atoms with Crippen molar-refractivity contribution in [1.82, 2.24) is 0 Å². The van der Waals surface area contributed by atoms with E-state index in [1.807, 2.05) is 6.92 Å². The average Bonchev–Trinajstić information content (AvgIpc) is 2.01. The molecule has 0 unspecified atom stereocenters. The molecule has 0 aliphatic carbocycles. The van der Waals surface area contributed by atoms with Gasteiger partial charge in [-0.25, -0.2) is 8.42 Å². The maximum absolute atomic E-state index is 10.7. The summed E-state index contributed by atoms with van der Waals surface area (Å²) >= 11 is 11.5. The second-order valence-corrected chi connectivity index (χ2v) is 4.87. The Morgan fingerprint density at radius 1 is 1.27 bits per heavy atom. The van der Waals surface area contributed by atoms with Crippen LogP contribution in [0.15, 0.2) is 17.0 Å². The molecule has 0 spiro atoms. The fourth-order valence-corrected chi connectivity index (χ4v) is 2.47. The maximum Gasteiger partial charge on any atom is 1.00 e. The number of rotatable bonds is 2. The van der Waals surface area contributed by atoms with Crippen LogP contribution in [0, 0.1) is 0 Å². The molecule has 0 aromatic heterocycles. The van der Waals surface area contributed by atoms with E-state index in [-0.39, 0.29) is 39.6 Å². The van der Waals surface area contributed by atoms with Gasteiger partial charge in [0.15, 0.2) is 0 Å². The van der Waals surface area contributed by atoms with Gasteiger partial charge in [-0.15, -0.1) is 0 Å². The van der Waals surface area contributed by atoms with Crippen molar-refractivity contribution in [1.29, 1.82) is 0 Å². The molecule has 0 fully saturated rings. The topological polar surface area (TPSA) is 57.2 Å². The number of halogens is 2. The van der Waals surface area contributed by atoms with Crippen LogP contribution in [-0.2, 0) is 16.5 Å². The molecule has 0 radical (unpaired) electrons. The Balaban J connectivity index is 0.00000196. The summed E-state index contributed by atoms with van der Waals surface area (Å²) in [7, 11) is -4.49. The van der Waals surface area contributed by atoms with Gasteiger partial charge < -0.3 is 4.55 Å². The van der Waals surface area contributed by atoms with Crippen molar-refractivity contribution in [3.8, 4) is 0 Å². The van der Waals surface area contributed by atoms with Crippen LogP contribution >= 0.6 is 23.2 Å². The Kier molecular flexibility index (Phi) is 6.14. The minimum Gasteiger partial charge on any atom is -0.744 e. The molecule has 0 N–H and O–H groups in total. The van der Waals surface area contributed by atoms with E-state index in [4.69, 9.17) is 23.2 Å². The smallest absolute Gasteiger partial charge is 0.744 e. The van der Waals surface area contributed by atoms with E-state index in [1.165, 1.54) is 0 Å². The molecule has 0 saturated carbocycles. The van der Waals surface area contributed by atoms with Gasteiger partial charge in [-0.3, -0.25) is 0 Å². The van der Waals surface area contributed by atoms with Crippen molar-refractivity contribution in [2.24, 2.45) is 0 Å². The Bertz CT molecular complexity index is 436. The van der Waals surface area contributed by atoms with Crippen LogP contribution in [0.4, 0.5) is 0 Å². The standard InChI is InChI=1S/C8H8Cl2O3S.Na/c1-2-6-7(9)3-5(4-8(6)10)14(11,12)13;/h3-4H,2H2,1H3,(H,11,12,13);/q;+1/p-1. The number of hydrogen-bond acceptors (Lipinski definition) is 3. The fourth-order valence-electron chi connectivity index (χ4n) is 1.06. The van der Waals surface area contributed by atoms with Gasteiger partial charge in [0, 0.05) is 10.0 Å². The first-order valence-electron chi connectivity index (χ1n) is 3.80. The molecule has 1 aromatic rings. The first-order chi connectivity index (χ1) is 6.36. The van der Waals surface area contributed by atoms with Gasteiger partial charge in [0.25, 0.3) is 0 Å². The molecular formula is C8H7Cl2NaO3S. The molecule has 0 aliphatic rings. The predicted molar refractivity (Wildman–Crippen MR) is 53.8 cm³/mol. The first kappa shape index (κ1) is 15.7. The molecular weight excluding hydrogens is 270 g/mol. The molecule has 3 nitrogen and oxygen atoms in total. The minimum atomic E-state index is -4.49. The zero-order chi connectivity index (χ0) is 10.9. The Labute approximate surface area is 121 Å². The molecule has 0 bridgehead atoms. The van der Waals surface area contributed by atoms with Crippen molar-refractivity contribution in [3.63, 3.8) is 0 Å². The summed E-state index contributed by atoms with van der Waals surface area (Å²) in [6.45, 7) is 1.83. The van der Waals surface area contributed by atoms with Gasteiger partial charge >= 0.3 is 29.6 Å². The van der Waals surface area contributed by atoms with E-state index in [9.17, 15) is 13.0 Å². The third-order valence-corrected chi connectivity index (χ3v) is 3.24. The SMILES string of the molecule is CCc1c(Cl)cc(S(=O)(=O)[O-])cc1Cl.[Na+]. The molecule has 1 aromatic carbocycles. The predicted octanol–water partition coefficient (Wildman–Crippen LogP) is -0.536. The van der Waals surface area contributed by atoms with Crippen LogP contribution in [0.5, 0.6) is 0 Å². The van der Waals surface area contributed by atoms with Crippen LogP contribution in [0.2, 0.25) is 10.0 Å².